The van der Waals surface area contributed by atoms with E-state index >= 15 is 0 Å². The van der Waals surface area contributed by atoms with E-state index in [0.717, 1.165) is 23.5 Å². The number of aryl methyl sites for hydroxylation is 1. The molecule has 4 rings (SSSR count). The van der Waals surface area contributed by atoms with E-state index in [1.54, 1.807) is 19.1 Å². The number of hydrogen-bond donors (Lipinski definition) is 2. The SMILES string of the molecule is Cc1cc(NC(=O)C2CC2c2ccc3c(c2)OCCO3)ccc1C(=O)O. The average Bonchev–Trinajstić information content (AvgIpc) is 3.42. The number of carbonyl (C=O) groups is 2. The van der Waals surface area contributed by atoms with Crippen molar-refractivity contribution < 1.29 is 24.2 Å². The third-order valence-electron chi connectivity index (χ3n) is 4.85. The molecule has 134 valence electrons. The van der Waals surface area contributed by atoms with Crippen LogP contribution in [0.1, 0.15) is 33.8 Å². The second-order valence-electron chi connectivity index (χ2n) is 6.68. The molecule has 26 heavy (non-hydrogen) atoms. The maximum Gasteiger partial charge on any atom is 0.335 e. The number of anilines is 1. The molecule has 1 heterocycles. The Morgan fingerprint density at radius 2 is 1.85 bits per heavy atom. The Labute approximate surface area is 150 Å². The van der Waals surface area contributed by atoms with Gasteiger partial charge in [0.15, 0.2) is 11.5 Å². The topological polar surface area (TPSA) is 84.9 Å². The van der Waals surface area contributed by atoms with E-state index in [9.17, 15) is 9.59 Å². The van der Waals surface area contributed by atoms with Crippen molar-refractivity contribution in [1.29, 1.82) is 0 Å². The molecule has 1 saturated carbocycles. The van der Waals surface area contributed by atoms with Crippen LogP contribution in [0.25, 0.3) is 0 Å². The van der Waals surface area contributed by atoms with Crippen LogP contribution in [0, 0.1) is 12.8 Å². The van der Waals surface area contributed by atoms with E-state index in [2.05, 4.69) is 5.32 Å². The number of benzene rings is 2. The number of amides is 1. The van der Waals surface area contributed by atoms with Crippen LogP contribution in [0.15, 0.2) is 36.4 Å². The Kier molecular flexibility index (Phi) is 4.03. The van der Waals surface area contributed by atoms with Crippen molar-refractivity contribution in [2.24, 2.45) is 5.92 Å². The van der Waals surface area contributed by atoms with Gasteiger partial charge >= 0.3 is 5.97 Å². The number of aromatic carboxylic acids is 1. The highest BCUT2D eigenvalue weighted by molar-refractivity contribution is 5.96. The summed E-state index contributed by atoms with van der Waals surface area (Å²) in [6, 6.07) is 10.7. The summed E-state index contributed by atoms with van der Waals surface area (Å²) in [6.45, 7) is 2.81. The number of carbonyl (C=O) groups excluding carboxylic acids is 1. The molecule has 1 aliphatic heterocycles. The number of ether oxygens (including phenoxy) is 2. The fraction of sp³-hybridized carbons (Fsp3) is 0.300. The number of hydrogen-bond acceptors (Lipinski definition) is 4. The lowest BCUT2D eigenvalue weighted by Gasteiger charge is -2.18. The average molecular weight is 353 g/mol. The van der Waals surface area contributed by atoms with Crippen molar-refractivity contribution >= 4 is 17.6 Å². The van der Waals surface area contributed by atoms with E-state index in [-0.39, 0.29) is 23.3 Å². The molecule has 2 aliphatic rings. The predicted octanol–water partition coefficient (Wildman–Crippen LogP) is 3.21. The summed E-state index contributed by atoms with van der Waals surface area (Å²) in [5, 5.41) is 12.0. The summed E-state index contributed by atoms with van der Waals surface area (Å²) in [5.74, 6) is 0.547. The Hall–Kier alpha value is -3.02. The quantitative estimate of drug-likeness (QED) is 0.882. The van der Waals surface area contributed by atoms with Crippen LogP contribution in [0.5, 0.6) is 11.5 Å². The number of carboxylic acid groups (broad SMARTS) is 1. The minimum atomic E-state index is -0.971. The molecule has 0 radical (unpaired) electrons. The van der Waals surface area contributed by atoms with Gasteiger partial charge in [0.1, 0.15) is 13.2 Å². The van der Waals surface area contributed by atoms with E-state index in [1.165, 1.54) is 6.07 Å². The van der Waals surface area contributed by atoms with Crippen molar-refractivity contribution in [2.45, 2.75) is 19.3 Å². The largest absolute Gasteiger partial charge is 0.486 e. The van der Waals surface area contributed by atoms with Crippen molar-refractivity contribution in [3.05, 3.63) is 53.1 Å². The van der Waals surface area contributed by atoms with Gasteiger partial charge in [-0.1, -0.05) is 6.07 Å². The van der Waals surface area contributed by atoms with Crippen molar-refractivity contribution in [2.75, 3.05) is 18.5 Å². The van der Waals surface area contributed by atoms with Crippen LogP contribution >= 0.6 is 0 Å². The van der Waals surface area contributed by atoms with Gasteiger partial charge in [-0.15, -0.1) is 0 Å². The van der Waals surface area contributed by atoms with E-state index < -0.39 is 5.97 Å². The highest BCUT2D eigenvalue weighted by Crippen LogP contribution is 2.49. The minimum absolute atomic E-state index is 0.0487. The smallest absolute Gasteiger partial charge is 0.335 e. The molecule has 2 atom stereocenters. The summed E-state index contributed by atoms with van der Waals surface area (Å²) in [6.07, 6.45) is 0.789. The number of carboxylic acids is 1. The summed E-state index contributed by atoms with van der Waals surface area (Å²) in [5.41, 5.74) is 2.55. The molecule has 2 unspecified atom stereocenters. The number of rotatable bonds is 4. The van der Waals surface area contributed by atoms with Gasteiger partial charge in [0.2, 0.25) is 5.91 Å². The third kappa shape index (κ3) is 3.10. The minimum Gasteiger partial charge on any atom is -0.486 e. The van der Waals surface area contributed by atoms with Crippen LogP contribution in [0.2, 0.25) is 0 Å². The molecule has 6 heteroatoms. The molecule has 0 saturated heterocycles. The molecule has 6 nitrogen and oxygen atoms in total. The molecule has 0 spiro atoms. The summed E-state index contributed by atoms with van der Waals surface area (Å²) in [7, 11) is 0. The Bertz CT molecular complexity index is 892. The molecule has 2 N–H and O–H groups in total. The molecule has 0 bridgehead atoms. The van der Waals surface area contributed by atoms with Gasteiger partial charge in [-0.05, 0) is 60.7 Å². The van der Waals surface area contributed by atoms with E-state index in [1.807, 2.05) is 18.2 Å². The number of nitrogens with one attached hydrogen (secondary N) is 1. The molecule has 2 aromatic rings. The molecular weight excluding hydrogens is 334 g/mol. The first-order valence-corrected chi connectivity index (χ1v) is 8.57. The van der Waals surface area contributed by atoms with Gasteiger partial charge < -0.3 is 19.9 Å². The molecular formula is C20H19NO5. The zero-order chi connectivity index (χ0) is 18.3. The van der Waals surface area contributed by atoms with Gasteiger partial charge in [0.05, 0.1) is 5.56 Å². The first-order chi connectivity index (χ1) is 12.5. The highest BCUT2D eigenvalue weighted by atomic mass is 16.6. The van der Waals surface area contributed by atoms with Gasteiger partial charge in [-0.25, -0.2) is 4.79 Å². The van der Waals surface area contributed by atoms with Gasteiger partial charge in [0, 0.05) is 11.6 Å². The van der Waals surface area contributed by atoms with Crippen molar-refractivity contribution in [3.8, 4) is 11.5 Å². The van der Waals surface area contributed by atoms with E-state index in [4.69, 9.17) is 14.6 Å². The number of fused-ring (bicyclic) bond motifs is 1. The maximum absolute atomic E-state index is 12.5. The Morgan fingerprint density at radius 1 is 1.08 bits per heavy atom. The molecule has 1 aliphatic carbocycles. The van der Waals surface area contributed by atoms with E-state index in [0.29, 0.717) is 24.5 Å². The van der Waals surface area contributed by atoms with Crippen molar-refractivity contribution in [3.63, 3.8) is 0 Å². The monoisotopic (exact) mass is 353 g/mol. The fourth-order valence-corrected chi connectivity index (χ4v) is 3.36. The Morgan fingerprint density at radius 3 is 2.58 bits per heavy atom. The first kappa shape index (κ1) is 16.4. The van der Waals surface area contributed by atoms with Gasteiger partial charge in [-0.3, -0.25) is 4.79 Å². The van der Waals surface area contributed by atoms with Gasteiger partial charge in [-0.2, -0.15) is 0 Å². The third-order valence-corrected chi connectivity index (χ3v) is 4.85. The summed E-state index contributed by atoms with van der Waals surface area (Å²) in [4.78, 5) is 23.6. The zero-order valence-electron chi connectivity index (χ0n) is 14.3. The van der Waals surface area contributed by atoms with Crippen LogP contribution in [-0.4, -0.2) is 30.2 Å². The Balaban J connectivity index is 1.43. The molecule has 2 aromatic carbocycles. The van der Waals surface area contributed by atoms with Crippen molar-refractivity contribution in [1.82, 2.24) is 0 Å². The summed E-state index contributed by atoms with van der Waals surface area (Å²) < 4.78 is 11.1. The van der Waals surface area contributed by atoms with Crippen LogP contribution in [-0.2, 0) is 4.79 Å². The lowest BCUT2D eigenvalue weighted by atomic mass is 10.1. The van der Waals surface area contributed by atoms with Crippen LogP contribution < -0.4 is 14.8 Å². The first-order valence-electron chi connectivity index (χ1n) is 8.57. The normalized spacial score (nSPS) is 20.3. The van der Waals surface area contributed by atoms with Crippen LogP contribution in [0.4, 0.5) is 5.69 Å². The molecule has 1 fully saturated rings. The highest BCUT2D eigenvalue weighted by Gasteiger charge is 2.44. The second kappa shape index (κ2) is 6.37. The fourth-order valence-electron chi connectivity index (χ4n) is 3.36. The lowest BCUT2D eigenvalue weighted by Crippen LogP contribution is -2.16. The second-order valence-corrected chi connectivity index (χ2v) is 6.68. The molecule has 1 amide bonds. The molecule has 0 aromatic heterocycles. The van der Waals surface area contributed by atoms with Gasteiger partial charge in [0.25, 0.3) is 0 Å². The van der Waals surface area contributed by atoms with Crippen LogP contribution in [0.3, 0.4) is 0 Å². The zero-order valence-corrected chi connectivity index (χ0v) is 14.3. The standard InChI is InChI=1S/C20H19NO5/c1-11-8-13(3-4-14(11)20(23)24)21-19(22)16-10-15(16)12-2-5-17-18(9-12)26-7-6-25-17/h2-5,8-9,15-16H,6-7,10H2,1H3,(H,21,22)(H,23,24). The lowest BCUT2D eigenvalue weighted by molar-refractivity contribution is -0.117. The predicted molar refractivity (Wildman–Crippen MR) is 95.0 cm³/mol. The summed E-state index contributed by atoms with van der Waals surface area (Å²) >= 11 is 0. The maximum atomic E-state index is 12.5.